The molecule has 1 aromatic heterocycles. The molecule has 3 aromatic rings. The van der Waals surface area contributed by atoms with Crippen molar-refractivity contribution < 1.29 is 21.9 Å². The Morgan fingerprint density at radius 3 is 2.42 bits per heavy atom. The fraction of sp³-hybridized carbons (Fsp3) is 0.318. The second-order valence-electron chi connectivity index (χ2n) is 7.98. The molecule has 1 saturated carbocycles. The Balaban J connectivity index is 1.68. The Labute approximate surface area is 184 Å². The highest BCUT2D eigenvalue weighted by Crippen LogP contribution is 2.49. The Kier molecular flexibility index (Phi) is 5.66. The number of aromatic nitrogens is 2. The number of aryl methyl sites for hydroxylation is 1. The fourth-order valence-corrected chi connectivity index (χ4v) is 4.73. The van der Waals surface area contributed by atoms with E-state index in [0.29, 0.717) is 17.9 Å². The van der Waals surface area contributed by atoms with Crippen molar-refractivity contribution in [3.05, 3.63) is 81.8 Å². The van der Waals surface area contributed by atoms with Crippen molar-refractivity contribution >= 4 is 21.4 Å². The molecular formula is C22H21ClF2N2O3S. The second kappa shape index (κ2) is 8.00. The summed E-state index contributed by atoms with van der Waals surface area (Å²) in [5.74, 6) is -0.587. The van der Waals surface area contributed by atoms with Gasteiger partial charge in [-0.05, 0) is 55.2 Å². The molecule has 2 aromatic carbocycles. The van der Waals surface area contributed by atoms with Gasteiger partial charge < -0.3 is 9.72 Å². The second-order valence-corrected chi connectivity index (χ2v) is 10.3. The van der Waals surface area contributed by atoms with Crippen LogP contribution in [-0.4, -0.2) is 31.2 Å². The lowest BCUT2D eigenvalue weighted by molar-refractivity contribution is 0.0578. The van der Waals surface area contributed by atoms with E-state index < -0.39 is 21.8 Å². The van der Waals surface area contributed by atoms with Crippen molar-refractivity contribution in [3.63, 3.8) is 0 Å². The van der Waals surface area contributed by atoms with Crippen LogP contribution in [0.25, 0.3) is 0 Å². The summed E-state index contributed by atoms with van der Waals surface area (Å²) in [6.07, 6.45) is 2.05. The van der Waals surface area contributed by atoms with Crippen LogP contribution >= 0.6 is 11.6 Å². The highest BCUT2D eigenvalue weighted by atomic mass is 35.5. The summed E-state index contributed by atoms with van der Waals surface area (Å²) < 4.78 is 57.4. The number of H-pyrrole nitrogens is 1. The maximum atomic E-state index is 13.7. The molecular weight excluding hydrogens is 446 g/mol. The van der Waals surface area contributed by atoms with E-state index in [1.54, 1.807) is 19.1 Å². The highest BCUT2D eigenvalue weighted by molar-refractivity contribution is 7.90. The normalized spacial score (nSPS) is 16.3. The van der Waals surface area contributed by atoms with E-state index in [0.717, 1.165) is 24.7 Å². The van der Waals surface area contributed by atoms with Crippen LogP contribution in [0.1, 0.15) is 41.6 Å². The average Bonchev–Trinajstić information content (AvgIpc) is 3.38. The van der Waals surface area contributed by atoms with Gasteiger partial charge in [0.15, 0.2) is 14.9 Å². The molecule has 9 heteroatoms. The molecule has 1 aliphatic carbocycles. The number of imidazole rings is 1. The average molecular weight is 467 g/mol. The molecule has 0 amide bonds. The molecule has 164 valence electrons. The lowest BCUT2D eigenvalue weighted by Gasteiger charge is -2.22. The van der Waals surface area contributed by atoms with Gasteiger partial charge in [-0.3, -0.25) is 0 Å². The van der Waals surface area contributed by atoms with Crippen LogP contribution in [0.15, 0.2) is 47.5 Å². The molecule has 1 atom stereocenters. The minimum absolute atomic E-state index is 0.0658. The summed E-state index contributed by atoms with van der Waals surface area (Å²) in [4.78, 5) is 7.25. The first-order valence-electron chi connectivity index (χ1n) is 9.68. The van der Waals surface area contributed by atoms with Crippen LogP contribution in [0.2, 0.25) is 5.02 Å². The molecule has 4 rings (SSSR count). The van der Waals surface area contributed by atoms with Gasteiger partial charge in [0.2, 0.25) is 0 Å². The first-order chi connectivity index (χ1) is 14.6. The van der Waals surface area contributed by atoms with Crippen LogP contribution in [0.5, 0.6) is 0 Å². The number of nitrogens with zero attached hydrogens (tertiary/aromatic N) is 1. The van der Waals surface area contributed by atoms with Crippen molar-refractivity contribution in [2.75, 3.05) is 12.9 Å². The van der Waals surface area contributed by atoms with Crippen molar-refractivity contribution in [1.82, 2.24) is 9.97 Å². The molecule has 0 saturated heterocycles. The van der Waals surface area contributed by atoms with E-state index in [1.807, 2.05) is 0 Å². The number of hydrogen-bond acceptors (Lipinski definition) is 4. The smallest absolute Gasteiger partial charge is 0.194 e. The van der Waals surface area contributed by atoms with Gasteiger partial charge in [-0.2, -0.15) is 0 Å². The highest BCUT2D eigenvalue weighted by Gasteiger charge is 2.45. The topological polar surface area (TPSA) is 72.0 Å². The minimum Gasteiger partial charge on any atom is -0.365 e. The third-order valence-corrected chi connectivity index (χ3v) is 6.93. The molecule has 0 radical (unpaired) electrons. The van der Waals surface area contributed by atoms with Crippen molar-refractivity contribution in [1.29, 1.82) is 0 Å². The van der Waals surface area contributed by atoms with E-state index in [-0.39, 0.29) is 27.1 Å². The molecule has 1 N–H and O–H groups in total. The molecule has 5 nitrogen and oxygen atoms in total. The minimum atomic E-state index is -3.54. The number of rotatable bonds is 7. The molecule has 0 aliphatic heterocycles. The maximum Gasteiger partial charge on any atom is 0.194 e. The monoisotopic (exact) mass is 466 g/mol. The van der Waals surface area contributed by atoms with Gasteiger partial charge in [0, 0.05) is 11.7 Å². The van der Waals surface area contributed by atoms with Crippen LogP contribution in [-0.2, 0) is 20.0 Å². The molecule has 1 heterocycles. The molecule has 31 heavy (non-hydrogen) atoms. The number of sulfone groups is 1. The van der Waals surface area contributed by atoms with Gasteiger partial charge in [0.05, 0.1) is 17.3 Å². The number of hydrogen-bond donors (Lipinski definition) is 1. The van der Waals surface area contributed by atoms with Crippen molar-refractivity contribution in [3.8, 4) is 0 Å². The summed E-state index contributed by atoms with van der Waals surface area (Å²) >= 11 is 5.97. The zero-order valence-corrected chi connectivity index (χ0v) is 18.5. The molecule has 1 fully saturated rings. The molecule has 1 aliphatic rings. The third-order valence-electron chi connectivity index (χ3n) is 5.54. The number of aromatic amines is 1. The summed E-state index contributed by atoms with van der Waals surface area (Å²) in [6, 6.07) is 10.5. The van der Waals surface area contributed by atoms with Gasteiger partial charge in [0.1, 0.15) is 23.6 Å². The van der Waals surface area contributed by atoms with Gasteiger partial charge in [-0.1, -0.05) is 29.8 Å². The van der Waals surface area contributed by atoms with E-state index in [2.05, 4.69) is 9.97 Å². The van der Waals surface area contributed by atoms with Crippen LogP contribution in [0.4, 0.5) is 8.78 Å². The Hall–Kier alpha value is -2.29. The standard InChI is InChI=1S/C22H21ClF2N2O3S/c1-13-21(31(2,28)29)27-20(26-13)19(14-3-8-18(25)17(23)11-14)30-12-22(9-10-22)15-4-6-16(24)7-5-15/h3-8,11,19H,9-10,12H2,1-2H3,(H,26,27). The largest absolute Gasteiger partial charge is 0.365 e. The zero-order valence-electron chi connectivity index (χ0n) is 17.0. The van der Waals surface area contributed by atoms with Crippen molar-refractivity contribution in [2.45, 2.75) is 36.3 Å². The van der Waals surface area contributed by atoms with E-state index in [1.165, 1.54) is 30.3 Å². The molecule has 0 spiro atoms. The van der Waals surface area contributed by atoms with Crippen LogP contribution < -0.4 is 0 Å². The molecule has 1 unspecified atom stereocenters. The summed E-state index contributed by atoms with van der Waals surface area (Å²) in [6.45, 7) is 1.91. The Bertz CT molecular complexity index is 1220. The molecule has 0 bridgehead atoms. The summed E-state index contributed by atoms with van der Waals surface area (Å²) in [5, 5.41) is -0.138. The number of halogens is 3. The summed E-state index contributed by atoms with van der Waals surface area (Å²) in [5.41, 5.74) is 1.64. The maximum absolute atomic E-state index is 13.7. The quantitative estimate of drug-likeness (QED) is 0.538. The van der Waals surface area contributed by atoms with Crippen LogP contribution in [0.3, 0.4) is 0 Å². The third kappa shape index (κ3) is 4.51. The van der Waals surface area contributed by atoms with Gasteiger partial charge >= 0.3 is 0 Å². The number of ether oxygens (including phenoxy) is 1. The lowest BCUT2D eigenvalue weighted by atomic mass is 9.97. The van der Waals surface area contributed by atoms with Crippen LogP contribution in [0, 0.1) is 18.6 Å². The van der Waals surface area contributed by atoms with Gasteiger partial charge in [-0.15, -0.1) is 0 Å². The van der Waals surface area contributed by atoms with Crippen molar-refractivity contribution in [2.24, 2.45) is 0 Å². The van der Waals surface area contributed by atoms with E-state index >= 15 is 0 Å². The zero-order chi connectivity index (χ0) is 22.4. The fourth-order valence-electron chi connectivity index (χ4n) is 3.67. The Morgan fingerprint density at radius 1 is 1.19 bits per heavy atom. The Morgan fingerprint density at radius 2 is 1.87 bits per heavy atom. The number of benzene rings is 2. The number of nitrogens with one attached hydrogen (secondary N) is 1. The first kappa shape index (κ1) is 21.9. The predicted molar refractivity (Wildman–Crippen MR) is 113 cm³/mol. The van der Waals surface area contributed by atoms with Gasteiger partial charge in [-0.25, -0.2) is 22.2 Å². The predicted octanol–water partition coefficient (Wildman–Crippen LogP) is 4.89. The first-order valence-corrected chi connectivity index (χ1v) is 12.0. The van der Waals surface area contributed by atoms with Gasteiger partial charge in [0.25, 0.3) is 0 Å². The summed E-state index contributed by atoms with van der Waals surface area (Å²) in [7, 11) is -3.54. The lowest BCUT2D eigenvalue weighted by Crippen LogP contribution is -2.19. The van der Waals surface area contributed by atoms with E-state index in [9.17, 15) is 17.2 Å². The van der Waals surface area contributed by atoms with E-state index in [4.69, 9.17) is 16.3 Å². The SMILES string of the molecule is Cc1[nH]c(C(OCC2(c3ccc(F)cc3)CC2)c2ccc(F)c(Cl)c2)nc1S(C)(=O)=O.